The molecule has 104 valence electrons. The third kappa shape index (κ3) is 3.44. The molecule has 0 aromatic heterocycles. The molecular weight excluding hydrogens is 297 g/mol. The van der Waals surface area contributed by atoms with E-state index in [-0.39, 0.29) is 11.6 Å². The van der Waals surface area contributed by atoms with Crippen molar-refractivity contribution in [3.05, 3.63) is 63.6 Å². The van der Waals surface area contributed by atoms with Gasteiger partial charge in [-0.1, -0.05) is 35.3 Å². The number of aromatic carboxylic acids is 1. The Morgan fingerprint density at radius 2 is 1.70 bits per heavy atom. The van der Waals surface area contributed by atoms with Crippen molar-refractivity contribution in [2.45, 2.75) is 13.0 Å². The van der Waals surface area contributed by atoms with Gasteiger partial charge in [0, 0.05) is 16.1 Å². The van der Waals surface area contributed by atoms with Crippen LogP contribution in [0.4, 0.5) is 5.69 Å². The van der Waals surface area contributed by atoms with Gasteiger partial charge in [0.15, 0.2) is 0 Å². The van der Waals surface area contributed by atoms with E-state index in [4.69, 9.17) is 23.2 Å². The molecule has 20 heavy (non-hydrogen) atoms. The summed E-state index contributed by atoms with van der Waals surface area (Å²) in [7, 11) is 0. The zero-order valence-electron chi connectivity index (χ0n) is 10.7. The van der Waals surface area contributed by atoms with Crippen molar-refractivity contribution in [2.24, 2.45) is 0 Å². The standard InChI is InChI=1S/C15H13Cl2NO2/c1-9(10-2-4-11(16)5-3-10)18-14-8-12(17)6-7-13(14)15(19)20/h2-9,18H,1H3,(H,19,20). The van der Waals surface area contributed by atoms with Crippen LogP contribution in [0.25, 0.3) is 0 Å². The molecule has 0 fully saturated rings. The fourth-order valence-corrected chi connectivity index (χ4v) is 2.19. The van der Waals surface area contributed by atoms with E-state index in [9.17, 15) is 9.90 Å². The summed E-state index contributed by atoms with van der Waals surface area (Å²) in [5, 5.41) is 13.5. The minimum Gasteiger partial charge on any atom is -0.478 e. The number of rotatable bonds is 4. The third-order valence-electron chi connectivity index (χ3n) is 2.95. The molecule has 0 heterocycles. The number of hydrogen-bond donors (Lipinski definition) is 2. The maximum Gasteiger partial charge on any atom is 0.337 e. The average molecular weight is 310 g/mol. The van der Waals surface area contributed by atoms with E-state index < -0.39 is 5.97 Å². The van der Waals surface area contributed by atoms with Gasteiger partial charge in [0.1, 0.15) is 0 Å². The van der Waals surface area contributed by atoms with Crippen molar-refractivity contribution in [1.82, 2.24) is 0 Å². The molecule has 3 nitrogen and oxygen atoms in total. The molecule has 2 aromatic rings. The quantitative estimate of drug-likeness (QED) is 0.847. The Hall–Kier alpha value is -1.71. The Bertz CT molecular complexity index is 626. The van der Waals surface area contributed by atoms with Gasteiger partial charge in [-0.05, 0) is 42.8 Å². The highest BCUT2D eigenvalue weighted by atomic mass is 35.5. The van der Waals surface area contributed by atoms with Gasteiger partial charge in [-0.2, -0.15) is 0 Å². The fourth-order valence-electron chi connectivity index (χ4n) is 1.89. The van der Waals surface area contributed by atoms with E-state index in [2.05, 4.69) is 5.32 Å². The van der Waals surface area contributed by atoms with Crippen LogP contribution in [0.5, 0.6) is 0 Å². The molecule has 0 aliphatic rings. The lowest BCUT2D eigenvalue weighted by atomic mass is 10.1. The molecule has 0 aliphatic carbocycles. The van der Waals surface area contributed by atoms with Gasteiger partial charge in [-0.3, -0.25) is 0 Å². The number of hydrogen-bond acceptors (Lipinski definition) is 2. The Balaban J connectivity index is 2.27. The number of anilines is 1. The summed E-state index contributed by atoms with van der Waals surface area (Å²) >= 11 is 11.8. The molecule has 0 saturated carbocycles. The van der Waals surface area contributed by atoms with Crippen molar-refractivity contribution in [3.8, 4) is 0 Å². The Morgan fingerprint density at radius 1 is 1.10 bits per heavy atom. The maximum absolute atomic E-state index is 11.2. The first-order valence-electron chi connectivity index (χ1n) is 6.02. The summed E-state index contributed by atoms with van der Waals surface area (Å²) < 4.78 is 0. The number of halogens is 2. The lowest BCUT2D eigenvalue weighted by Gasteiger charge is -2.17. The highest BCUT2D eigenvalue weighted by Gasteiger charge is 2.13. The first-order chi connectivity index (χ1) is 9.47. The number of benzene rings is 2. The van der Waals surface area contributed by atoms with E-state index in [1.165, 1.54) is 6.07 Å². The van der Waals surface area contributed by atoms with E-state index in [1.807, 2.05) is 19.1 Å². The number of carbonyl (C=O) groups is 1. The van der Waals surface area contributed by atoms with Crippen LogP contribution in [0, 0.1) is 0 Å². The van der Waals surface area contributed by atoms with Crippen molar-refractivity contribution in [3.63, 3.8) is 0 Å². The van der Waals surface area contributed by atoms with Gasteiger partial charge >= 0.3 is 5.97 Å². The van der Waals surface area contributed by atoms with Crippen LogP contribution in [-0.2, 0) is 0 Å². The van der Waals surface area contributed by atoms with Crippen LogP contribution in [0.1, 0.15) is 28.9 Å². The highest BCUT2D eigenvalue weighted by Crippen LogP contribution is 2.26. The summed E-state index contributed by atoms with van der Waals surface area (Å²) in [5.74, 6) is -0.993. The third-order valence-corrected chi connectivity index (χ3v) is 3.44. The van der Waals surface area contributed by atoms with Gasteiger partial charge in [-0.25, -0.2) is 4.79 Å². The zero-order valence-corrected chi connectivity index (χ0v) is 12.2. The van der Waals surface area contributed by atoms with Crippen molar-refractivity contribution in [1.29, 1.82) is 0 Å². The van der Waals surface area contributed by atoms with E-state index in [1.54, 1.807) is 24.3 Å². The molecule has 1 unspecified atom stereocenters. The lowest BCUT2D eigenvalue weighted by molar-refractivity contribution is 0.0698. The molecule has 5 heteroatoms. The number of carboxylic acids is 1. The molecule has 2 rings (SSSR count). The molecule has 0 saturated heterocycles. The Kier molecular flexibility index (Phi) is 4.53. The molecule has 1 atom stereocenters. The monoisotopic (exact) mass is 309 g/mol. The van der Waals surface area contributed by atoms with Gasteiger partial charge in [0.25, 0.3) is 0 Å². The molecule has 0 aliphatic heterocycles. The Morgan fingerprint density at radius 3 is 2.30 bits per heavy atom. The van der Waals surface area contributed by atoms with Crippen LogP contribution < -0.4 is 5.32 Å². The predicted molar refractivity (Wildman–Crippen MR) is 81.9 cm³/mol. The van der Waals surface area contributed by atoms with Crippen LogP contribution in [-0.4, -0.2) is 11.1 Å². The van der Waals surface area contributed by atoms with Crippen LogP contribution in [0.3, 0.4) is 0 Å². The van der Waals surface area contributed by atoms with Gasteiger partial charge in [0.2, 0.25) is 0 Å². The van der Waals surface area contributed by atoms with Crippen LogP contribution in [0.15, 0.2) is 42.5 Å². The summed E-state index contributed by atoms with van der Waals surface area (Å²) in [6.07, 6.45) is 0. The zero-order chi connectivity index (χ0) is 14.7. The summed E-state index contributed by atoms with van der Waals surface area (Å²) in [6.45, 7) is 1.94. The topological polar surface area (TPSA) is 49.3 Å². The summed E-state index contributed by atoms with van der Waals surface area (Å²) in [4.78, 5) is 11.2. The number of nitrogens with one attached hydrogen (secondary N) is 1. The second-order valence-corrected chi connectivity index (χ2v) is 5.29. The van der Waals surface area contributed by atoms with Crippen molar-refractivity contribution < 1.29 is 9.90 Å². The lowest BCUT2D eigenvalue weighted by Crippen LogP contribution is -2.10. The molecule has 0 bridgehead atoms. The number of carboxylic acid groups (broad SMARTS) is 1. The first kappa shape index (κ1) is 14.7. The second-order valence-electron chi connectivity index (χ2n) is 4.41. The minimum absolute atomic E-state index is 0.0659. The normalized spacial score (nSPS) is 11.9. The van der Waals surface area contributed by atoms with Crippen LogP contribution in [0.2, 0.25) is 10.0 Å². The average Bonchev–Trinajstić information content (AvgIpc) is 2.39. The molecule has 0 amide bonds. The van der Waals surface area contributed by atoms with Gasteiger partial charge in [-0.15, -0.1) is 0 Å². The summed E-state index contributed by atoms with van der Waals surface area (Å²) in [5.41, 5.74) is 1.69. The molecular formula is C15H13Cl2NO2. The predicted octanol–water partition coefficient (Wildman–Crippen LogP) is 4.86. The highest BCUT2D eigenvalue weighted by molar-refractivity contribution is 6.31. The Labute approximate surface area is 127 Å². The van der Waals surface area contributed by atoms with Crippen LogP contribution >= 0.6 is 23.2 Å². The fraction of sp³-hybridized carbons (Fsp3) is 0.133. The second kappa shape index (κ2) is 6.16. The minimum atomic E-state index is -0.993. The van der Waals surface area contributed by atoms with Gasteiger partial charge < -0.3 is 10.4 Å². The summed E-state index contributed by atoms with van der Waals surface area (Å²) in [6, 6.07) is 12.0. The SMILES string of the molecule is CC(Nc1cc(Cl)ccc1C(=O)O)c1ccc(Cl)cc1. The smallest absolute Gasteiger partial charge is 0.337 e. The van der Waals surface area contributed by atoms with Gasteiger partial charge in [0.05, 0.1) is 11.3 Å². The first-order valence-corrected chi connectivity index (χ1v) is 6.78. The van der Waals surface area contributed by atoms with E-state index >= 15 is 0 Å². The van der Waals surface area contributed by atoms with Crippen molar-refractivity contribution in [2.75, 3.05) is 5.32 Å². The maximum atomic E-state index is 11.2. The molecule has 0 radical (unpaired) electrons. The largest absolute Gasteiger partial charge is 0.478 e. The van der Waals surface area contributed by atoms with Crippen molar-refractivity contribution >= 4 is 34.9 Å². The molecule has 0 spiro atoms. The molecule has 2 N–H and O–H groups in total. The molecule has 2 aromatic carbocycles. The van der Waals surface area contributed by atoms with E-state index in [0.29, 0.717) is 15.7 Å². The van der Waals surface area contributed by atoms with E-state index in [0.717, 1.165) is 5.56 Å².